The Balaban J connectivity index is 2.23. The lowest BCUT2D eigenvalue weighted by atomic mass is 10.1. The average Bonchev–Trinajstić information content (AvgIpc) is 2.46. The van der Waals surface area contributed by atoms with Gasteiger partial charge in [-0.15, -0.1) is 0 Å². The summed E-state index contributed by atoms with van der Waals surface area (Å²) in [5, 5.41) is 0. The smallest absolute Gasteiger partial charge is 0.259 e. The molecule has 0 aliphatic rings. The topological polar surface area (TPSA) is 33.2 Å². The number of aryl methyl sites for hydroxylation is 1. The number of pyridine rings is 1. The van der Waals surface area contributed by atoms with Crippen LogP contribution in [0.4, 0.5) is 5.82 Å². The molecule has 0 aliphatic heterocycles. The SMILES string of the molecule is CCc1ccc(C(=O)N(C)c2cc(Br)ccn2)cc1. The molecule has 1 aromatic heterocycles. The van der Waals surface area contributed by atoms with Crippen LogP contribution in [0.5, 0.6) is 0 Å². The molecule has 3 nitrogen and oxygen atoms in total. The van der Waals surface area contributed by atoms with Gasteiger partial charge in [0.25, 0.3) is 5.91 Å². The molecule has 0 spiro atoms. The van der Waals surface area contributed by atoms with Crippen LogP contribution < -0.4 is 4.90 Å². The summed E-state index contributed by atoms with van der Waals surface area (Å²) in [5.41, 5.74) is 1.89. The fourth-order valence-electron chi connectivity index (χ4n) is 1.76. The number of hydrogen-bond donors (Lipinski definition) is 0. The maximum absolute atomic E-state index is 12.3. The molecular weight excluding hydrogens is 304 g/mol. The van der Waals surface area contributed by atoms with Crippen molar-refractivity contribution in [1.82, 2.24) is 4.98 Å². The van der Waals surface area contributed by atoms with Gasteiger partial charge < -0.3 is 0 Å². The van der Waals surface area contributed by atoms with E-state index in [4.69, 9.17) is 0 Å². The molecule has 2 rings (SSSR count). The third-order valence-electron chi connectivity index (χ3n) is 2.96. The molecule has 0 fully saturated rings. The molecule has 0 unspecified atom stereocenters. The lowest BCUT2D eigenvalue weighted by Crippen LogP contribution is -2.27. The van der Waals surface area contributed by atoms with E-state index in [9.17, 15) is 4.79 Å². The third kappa shape index (κ3) is 3.20. The minimum atomic E-state index is -0.0618. The van der Waals surface area contributed by atoms with E-state index in [2.05, 4.69) is 27.8 Å². The van der Waals surface area contributed by atoms with E-state index >= 15 is 0 Å². The standard InChI is InChI=1S/C15H15BrN2O/c1-3-11-4-6-12(7-5-11)15(19)18(2)14-10-13(16)8-9-17-14/h4-10H,3H2,1-2H3. The molecule has 98 valence electrons. The van der Waals surface area contributed by atoms with Crippen molar-refractivity contribution in [2.75, 3.05) is 11.9 Å². The number of benzene rings is 1. The Hall–Kier alpha value is -1.68. The Morgan fingerprint density at radius 2 is 1.95 bits per heavy atom. The highest BCUT2D eigenvalue weighted by atomic mass is 79.9. The van der Waals surface area contributed by atoms with E-state index < -0.39 is 0 Å². The number of amides is 1. The van der Waals surface area contributed by atoms with Gasteiger partial charge in [-0.05, 0) is 36.2 Å². The molecular formula is C15H15BrN2O. The van der Waals surface area contributed by atoms with Crippen LogP contribution in [0, 0.1) is 0 Å². The minimum Gasteiger partial charge on any atom is -0.296 e. The molecule has 19 heavy (non-hydrogen) atoms. The second-order valence-corrected chi connectivity index (χ2v) is 5.16. The summed E-state index contributed by atoms with van der Waals surface area (Å²) in [6, 6.07) is 11.3. The number of hydrogen-bond acceptors (Lipinski definition) is 2. The van der Waals surface area contributed by atoms with E-state index in [1.54, 1.807) is 18.1 Å². The van der Waals surface area contributed by atoms with Gasteiger partial charge >= 0.3 is 0 Å². The predicted octanol–water partition coefficient (Wildman–Crippen LogP) is 3.68. The van der Waals surface area contributed by atoms with E-state index in [0.717, 1.165) is 10.9 Å². The molecule has 0 N–H and O–H groups in total. The highest BCUT2D eigenvalue weighted by Crippen LogP contribution is 2.18. The first kappa shape index (κ1) is 13.7. The van der Waals surface area contributed by atoms with Gasteiger partial charge in [0.15, 0.2) is 0 Å². The number of halogens is 1. The molecule has 0 bridgehead atoms. The van der Waals surface area contributed by atoms with Crippen molar-refractivity contribution in [1.29, 1.82) is 0 Å². The largest absolute Gasteiger partial charge is 0.296 e. The van der Waals surface area contributed by atoms with Crippen LogP contribution in [0.15, 0.2) is 47.1 Å². The Bertz CT molecular complexity index is 581. The molecule has 1 aromatic carbocycles. The summed E-state index contributed by atoms with van der Waals surface area (Å²) in [6.45, 7) is 2.09. The molecule has 1 heterocycles. The Morgan fingerprint density at radius 3 is 2.53 bits per heavy atom. The summed E-state index contributed by atoms with van der Waals surface area (Å²) < 4.78 is 0.901. The monoisotopic (exact) mass is 318 g/mol. The van der Waals surface area contributed by atoms with Gasteiger partial charge in [-0.2, -0.15) is 0 Å². The van der Waals surface area contributed by atoms with Gasteiger partial charge in [-0.3, -0.25) is 9.69 Å². The lowest BCUT2D eigenvalue weighted by molar-refractivity contribution is 0.0992. The van der Waals surface area contributed by atoms with Crippen LogP contribution in [0.3, 0.4) is 0 Å². The molecule has 4 heteroatoms. The molecule has 0 atom stereocenters. The zero-order chi connectivity index (χ0) is 13.8. The predicted molar refractivity (Wildman–Crippen MR) is 80.5 cm³/mol. The number of nitrogens with zero attached hydrogens (tertiary/aromatic N) is 2. The third-order valence-corrected chi connectivity index (χ3v) is 3.46. The van der Waals surface area contributed by atoms with Crippen molar-refractivity contribution in [2.24, 2.45) is 0 Å². The van der Waals surface area contributed by atoms with Crippen LogP contribution >= 0.6 is 15.9 Å². The van der Waals surface area contributed by atoms with Crippen molar-refractivity contribution in [3.05, 3.63) is 58.2 Å². The van der Waals surface area contributed by atoms with E-state index in [-0.39, 0.29) is 5.91 Å². The van der Waals surface area contributed by atoms with Crippen LogP contribution in [0.25, 0.3) is 0 Å². The second kappa shape index (κ2) is 5.97. The molecule has 0 aliphatic carbocycles. The normalized spacial score (nSPS) is 10.3. The van der Waals surface area contributed by atoms with Crippen molar-refractivity contribution < 1.29 is 4.79 Å². The zero-order valence-electron chi connectivity index (χ0n) is 10.9. The fourth-order valence-corrected chi connectivity index (χ4v) is 2.08. The first-order valence-corrected chi connectivity index (χ1v) is 6.89. The van der Waals surface area contributed by atoms with Crippen LogP contribution in [0.2, 0.25) is 0 Å². The molecule has 0 saturated carbocycles. The van der Waals surface area contributed by atoms with E-state index in [1.165, 1.54) is 5.56 Å². The van der Waals surface area contributed by atoms with Crippen molar-refractivity contribution >= 4 is 27.7 Å². The summed E-state index contributed by atoms with van der Waals surface area (Å²) >= 11 is 3.38. The highest BCUT2D eigenvalue weighted by Gasteiger charge is 2.14. The zero-order valence-corrected chi connectivity index (χ0v) is 12.5. The van der Waals surface area contributed by atoms with E-state index in [0.29, 0.717) is 11.4 Å². The first-order chi connectivity index (χ1) is 9.11. The Kier molecular flexibility index (Phi) is 4.32. The van der Waals surface area contributed by atoms with Crippen LogP contribution in [-0.2, 0) is 6.42 Å². The van der Waals surface area contributed by atoms with Gasteiger partial charge in [0.1, 0.15) is 5.82 Å². The maximum Gasteiger partial charge on any atom is 0.259 e. The van der Waals surface area contributed by atoms with Gasteiger partial charge in [-0.25, -0.2) is 4.98 Å². The molecule has 0 radical (unpaired) electrons. The summed E-state index contributed by atoms with van der Waals surface area (Å²) in [6.07, 6.45) is 2.64. The quantitative estimate of drug-likeness (QED) is 0.864. The first-order valence-electron chi connectivity index (χ1n) is 6.10. The fraction of sp³-hybridized carbons (Fsp3) is 0.200. The molecule has 0 saturated heterocycles. The minimum absolute atomic E-state index is 0.0618. The van der Waals surface area contributed by atoms with Crippen LogP contribution in [-0.4, -0.2) is 17.9 Å². The summed E-state index contributed by atoms with van der Waals surface area (Å²) in [7, 11) is 1.73. The molecule has 1 amide bonds. The summed E-state index contributed by atoms with van der Waals surface area (Å²) in [4.78, 5) is 18.1. The Labute approximate surface area is 121 Å². The lowest BCUT2D eigenvalue weighted by Gasteiger charge is -2.16. The number of carbonyl (C=O) groups excluding carboxylic acids is 1. The van der Waals surface area contributed by atoms with Crippen LogP contribution in [0.1, 0.15) is 22.8 Å². The Morgan fingerprint density at radius 1 is 1.26 bits per heavy atom. The number of rotatable bonds is 3. The number of carbonyl (C=O) groups is 1. The van der Waals surface area contributed by atoms with E-state index in [1.807, 2.05) is 36.4 Å². The number of anilines is 1. The maximum atomic E-state index is 12.3. The molecule has 2 aromatic rings. The summed E-state index contributed by atoms with van der Waals surface area (Å²) in [5.74, 6) is 0.562. The van der Waals surface area contributed by atoms with Crippen molar-refractivity contribution in [3.8, 4) is 0 Å². The second-order valence-electron chi connectivity index (χ2n) is 4.25. The van der Waals surface area contributed by atoms with Crippen molar-refractivity contribution in [2.45, 2.75) is 13.3 Å². The van der Waals surface area contributed by atoms with Gasteiger partial charge in [0.05, 0.1) is 0 Å². The number of aromatic nitrogens is 1. The highest BCUT2D eigenvalue weighted by molar-refractivity contribution is 9.10. The average molecular weight is 319 g/mol. The van der Waals surface area contributed by atoms with Gasteiger partial charge in [0.2, 0.25) is 0 Å². The van der Waals surface area contributed by atoms with Crippen molar-refractivity contribution in [3.63, 3.8) is 0 Å². The van der Waals surface area contributed by atoms with Gasteiger partial charge in [0, 0.05) is 23.3 Å². The van der Waals surface area contributed by atoms with Gasteiger partial charge in [-0.1, -0.05) is 35.0 Å².